The molecule has 2 aliphatic heterocycles. The molecule has 0 saturated carbocycles. The predicted octanol–water partition coefficient (Wildman–Crippen LogP) is 2.45. The van der Waals surface area contributed by atoms with Crippen LogP contribution >= 0.6 is 0 Å². The highest BCUT2D eigenvalue weighted by atomic mass is 32.2. The van der Waals surface area contributed by atoms with Crippen LogP contribution in [0.15, 0.2) is 35.5 Å². The van der Waals surface area contributed by atoms with E-state index in [1.807, 2.05) is 26.0 Å². The Labute approximate surface area is 142 Å². The molecule has 0 radical (unpaired) electrons. The van der Waals surface area contributed by atoms with E-state index in [0.717, 1.165) is 36.8 Å². The molecule has 0 spiro atoms. The van der Waals surface area contributed by atoms with Crippen LogP contribution in [0.5, 0.6) is 0 Å². The number of aryl methyl sites for hydroxylation is 2. The molecular weight excluding hydrogens is 324 g/mol. The molecule has 2 bridgehead atoms. The van der Waals surface area contributed by atoms with Crippen LogP contribution in [0.25, 0.3) is 0 Å². The Morgan fingerprint density at radius 3 is 2.21 bits per heavy atom. The van der Waals surface area contributed by atoms with Crippen LogP contribution in [-0.4, -0.2) is 39.8 Å². The molecule has 1 aromatic carbocycles. The van der Waals surface area contributed by atoms with E-state index >= 15 is 0 Å². The van der Waals surface area contributed by atoms with Gasteiger partial charge < -0.3 is 0 Å². The van der Waals surface area contributed by atoms with Gasteiger partial charge >= 0.3 is 0 Å². The highest BCUT2D eigenvalue weighted by Gasteiger charge is 2.48. The molecule has 3 heterocycles. The summed E-state index contributed by atoms with van der Waals surface area (Å²) in [5, 5.41) is 8.49. The van der Waals surface area contributed by atoms with Gasteiger partial charge in [0.05, 0.1) is 23.3 Å². The Hall–Kier alpha value is -1.73. The first kappa shape index (κ1) is 15.8. The van der Waals surface area contributed by atoms with Gasteiger partial charge in [-0.1, -0.05) is 17.7 Å². The van der Waals surface area contributed by atoms with Gasteiger partial charge in [0.2, 0.25) is 10.0 Å². The summed E-state index contributed by atoms with van der Waals surface area (Å²) in [7, 11) is -3.45. The summed E-state index contributed by atoms with van der Waals surface area (Å²) in [4.78, 5) is 2.19. The lowest BCUT2D eigenvalue weighted by molar-refractivity contribution is 0.174. The number of hydrogen-bond acceptors (Lipinski definition) is 4. The van der Waals surface area contributed by atoms with E-state index < -0.39 is 10.0 Å². The van der Waals surface area contributed by atoms with Crippen LogP contribution in [0.2, 0.25) is 0 Å². The van der Waals surface area contributed by atoms with E-state index in [-0.39, 0.29) is 18.1 Å². The van der Waals surface area contributed by atoms with Gasteiger partial charge in [-0.15, -0.1) is 0 Å². The van der Waals surface area contributed by atoms with E-state index in [0.29, 0.717) is 4.90 Å². The second-order valence-corrected chi connectivity index (χ2v) is 8.78. The molecular formula is C17H22N4O2S. The monoisotopic (exact) mass is 346 g/mol. The van der Waals surface area contributed by atoms with Crippen molar-refractivity contribution in [1.29, 1.82) is 0 Å². The molecule has 2 saturated heterocycles. The average Bonchev–Trinajstić information content (AvgIpc) is 3.14. The first-order valence-electron chi connectivity index (χ1n) is 8.43. The van der Waals surface area contributed by atoms with Crippen molar-refractivity contribution in [2.75, 3.05) is 0 Å². The summed E-state index contributed by atoms with van der Waals surface area (Å²) in [5.41, 5.74) is 1.91. The first-order valence-corrected chi connectivity index (χ1v) is 9.87. The molecule has 4 rings (SSSR count). The van der Waals surface area contributed by atoms with E-state index in [4.69, 9.17) is 0 Å². The Bertz CT molecular complexity index is 833. The molecule has 2 fully saturated rings. The summed E-state index contributed by atoms with van der Waals surface area (Å²) < 4.78 is 28.3. The Morgan fingerprint density at radius 1 is 1.00 bits per heavy atom. The van der Waals surface area contributed by atoms with Crippen LogP contribution in [0.1, 0.15) is 42.9 Å². The molecule has 0 amide bonds. The standard InChI is InChI=1S/C17H22N4O2S/c1-12-3-6-17(13(2)9-12)24(22,23)20-14-4-5-15(20)11-16(10-14)21-18-7-8-19-21/h3,6-9,14-16H,4-5,10-11H2,1-2H3. The number of benzene rings is 1. The van der Waals surface area contributed by atoms with Crippen LogP contribution in [-0.2, 0) is 10.0 Å². The molecule has 2 atom stereocenters. The third-order valence-corrected chi connectivity index (χ3v) is 7.46. The van der Waals surface area contributed by atoms with Crippen LogP contribution < -0.4 is 0 Å². The largest absolute Gasteiger partial charge is 0.243 e. The lowest BCUT2D eigenvalue weighted by Crippen LogP contribution is -2.47. The Morgan fingerprint density at radius 2 is 1.62 bits per heavy atom. The van der Waals surface area contributed by atoms with Gasteiger partial charge in [0.1, 0.15) is 0 Å². The summed E-state index contributed by atoms with van der Waals surface area (Å²) in [6.07, 6.45) is 6.78. The van der Waals surface area contributed by atoms with Crippen molar-refractivity contribution >= 4 is 10.0 Å². The van der Waals surface area contributed by atoms with Gasteiger partial charge in [-0.2, -0.15) is 19.3 Å². The number of hydrogen-bond donors (Lipinski definition) is 0. The summed E-state index contributed by atoms with van der Waals surface area (Å²) >= 11 is 0. The summed E-state index contributed by atoms with van der Waals surface area (Å²) in [6.45, 7) is 3.86. The smallest absolute Gasteiger partial charge is 0.207 e. The van der Waals surface area contributed by atoms with Crippen molar-refractivity contribution in [3.05, 3.63) is 41.7 Å². The minimum atomic E-state index is -3.45. The van der Waals surface area contributed by atoms with E-state index in [9.17, 15) is 8.42 Å². The van der Waals surface area contributed by atoms with Gasteiger partial charge in [0.25, 0.3) is 0 Å². The summed E-state index contributed by atoms with van der Waals surface area (Å²) in [5.74, 6) is 0. The van der Waals surface area contributed by atoms with Crippen LogP contribution in [0, 0.1) is 13.8 Å². The number of nitrogens with zero attached hydrogens (tertiary/aromatic N) is 4. The van der Waals surface area contributed by atoms with E-state index in [1.165, 1.54) is 0 Å². The molecule has 1 aromatic heterocycles. The van der Waals surface area contributed by atoms with Gasteiger partial charge in [-0.25, -0.2) is 8.42 Å². The average molecular weight is 346 g/mol. The second-order valence-electron chi connectivity index (χ2n) is 6.96. The van der Waals surface area contributed by atoms with Gasteiger partial charge in [0.15, 0.2) is 0 Å². The predicted molar refractivity (Wildman–Crippen MR) is 90.0 cm³/mol. The third-order valence-electron chi connectivity index (χ3n) is 5.29. The fraction of sp³-hybridized carbons (Fsp3) is 0.529. The SMILES string of the molecule is Cc1ccc(S(=O)(=O)N2C3CCC2CC(n2nccn2)C3)c(C)c1. The molecule has 2 aliphatic rings. The first-order chi connectivity index (χ1) is 11.5. The Kier molecular flexibility index (Phi) is 3.73. The molecule has 0 N–H and O–H groups in total. The van der Waals surface area contributed by atoms with Gasteiger partial charge in [0, 0.05) is 12.1 Å². The molecule has 24 heavy (non-hydrogen) atoms. The zero-order valence-corrected chi connectivity index (χ0v) is 14.8. The van der Waals surface area contributed by atoms with Crippen molar-refractivity contribution in [2.24, 2.45) is 0 Å². The minimum absolute atomic E-state index is 0.0467. The number of rotatable bonds is 3. The quantitative estimate of drug-likeness (QED) is 0.856. The number of piperidine rings is 1. The number of fused-ring (bicyclic) bond motifs is 2. The fourth-order valence-electron chi connectivity index (χ4n) is 4.30. The molecule has 2 unspecified atom stereocenters. The van der Waals surface area contributed by atoms with Crippen LogP contribution in [0.4, 0.5) is 0 Å². The maximum absolute atomic E-state index is 13.3. The highest BCUT2D eigenvalue weighted by Crippen LogP contribution is 2.43. The zero-order chi connectivity index (χ0) is 16.9. The minimum Gasteiger partial charge on any atom is -0.207 e. The lowest BCUT2D eigenvalue weighted by Gasteiger charge is -2.37. The van der Waals surface area contributed by atoms with Gasteiger partial charge in [-0.3, -0.25) is 0 Å². The van der Waals surface area contributed by atoms with Crippen LogP contribution in [0.3, 0.4) is 0 Å². The van der Waals surface area contributed by atoms with Crippen molar-refractivity contribution in [3.63, 3.8) is 0 Å². The maximum Gasteiger partial charge on any atom is 0.243 e. The number of sulfonamides is 1. The fourth-order valence-corrected chi connectivity index (χ4v) is 6.40. The number of aromatic nitrogens is 3. The molecule has 7 heteroatoms. The lowest BCUT2D eigenvalue weighted by atomic mass is 10.0. The topological polar surface area (TPSA) is 68.1 Å². The normalized spacial score (nSPS) is 27.5. The maximum atomic E-state index is 13.3. The Balaban J connectivity index is 1.65. The molecule has 6 nitrogen and oxygen atoms in total. The highest BCUT2D eigenvalue weighted by molar-refractivity contribution is 7.89. The van der Waals surface area contributed by atoms with E-state index in [2.05, 4.69) is 10.2 Å². The van der Waals surface area contributed by atoms with Crippen molar-refractivity contribution in [3.8, 4) is 0 Å². The second kappa shape index (κ2) is 5.67. The summed E-state index contributed by atoms with van der Waals surface area (Å²) in [6, 6.07) is 5.86. The van der Waals surface area contributed by atoms with E-state index in [1.54, 1.807) is 27.6 Å². The van der Waals surface area contributed by atoms with Gasteiger partial charge in [-0.05, 0) is 51.2 Å². The molecule has 128 valence electrons. The zero-order valence-electron chi connectivity index (χ0n) is 14.0. The third kappa shape index (κ3) is 2.46. The van der Waals surface area contributed by atoms with Crippen molar-refractivity contribution in [1.82, 2.24) is 19.3 Å². The van der Waals surface area contributed by atoms with Crippen molar-refractivity contribution < 1.29 is 8.42 Å². The molecule has 0 aliphatic carbocycles. The van der Waals surface area contributed by atoms with Crippen molar-refractivity contribution in [2.45, 2.75) is 62.6 Å². The molecule has 2 aromatic rings.